The molecule has 25 heavy (non-hydrogen) atoms. The van der Waals surface area contributed by atoms with E-state index in [1.54, 1.807) is 19.2 Å². The Bertz CT molecular complexity index is 707. The number of carboxylic acid groups (broad SMARTS) is 1. The minimum atomic E-state index is -0.909. The lowest BCUT2D eigenvalue weighted by atomic mass is 9.92. The molecular weight excluding hydrogens is 316 g/mol. The zero-order chi connectivity index (χ0) is 17.6. The summed E-state index contributed by atoms with van der Waals surface area (Å²) in [6.07, 6.45) is 2.22. The standard InChI is InChI=1S/C20H24N2O3/c1-25-14-13-22-11-9-16(10-12-22)19-4-2-3-18(21-19)15-5-7-17(8-6-15)20(23)24/h2-8,16H,9-14H2,1H3,(H,23,24). The van der Waals surface area contributed by atoms with Crippen molar-refractivity contribution in [2.75, 3.05) is 33.4 Å². The van der Waals surface area contributed by atoms with E-state index >= 15 is 0 Å². The number of carbonyl (C=O) groups is 1. The first-order valence-electron chi connectivity index (χ1n) is 8.69. The molecule has 1 aliphatic heterocycles. The molecule has 1 aromatic heterocycles. The third-order valence-corrected chi connectivity index (χ3v) is 4.82. The van der Waals surface area contributed by atoms with Crippen LogP contribution >= 0.6 is 0 Å². The maximum atomic E-state index is 11.0. The van der Waals surface area contributed by atoms with E-state index in [0.29, 0.717) is 11.5 Å². The van der Waals surface area contributed by atoms with E-state index in [9.17, 15) is 4.79 Å². The summed E-state index contributed by atoms with van der Waals surface area (Å²) < 4.78 is 5.15. The molecule has 1 aliphatic rings. The topological polar surface area (TPSA) is 62.7 Å². The van der Waals surface area contributed by atoms with E-state index < -0.39 is 5.97 Å². The summed E-state index contributed by atoms with van der Waals surface area (Å²) in [5.41, 5.74) is 3.27. The summed E-state index contributed by atoms with van der Waals surface area (Å²) in [5, 5.41) is 9.01. The molecule has 0 saturated carbocycles. The molecular formula is C20H24N2O3. The monoisotopic (exact) mass is 340 g/mol. The van der Waals surface area contributed by atoms with Crippen molar-refractivity contribution < 1.29 is 14.6 Å². The highest BCUT2D eigenvalue weighted by Gasteiger charge is 2.21. The van der Waals surface area contributed by atoms with Crippen LogP contribution in [0.15, 0.2) is 42.5 Å². The summed E-state index contributed by atoms with van der Waals surface area (Å²) in [4.78, 5) is 18.3. The molecule has 1 saturated heterocycles. The Labute approximate surface area is 148 Å². The molecule has 1 N–H and O–H groups in total. The smallest absolute Gasteiger partial charge is 0.335 e. The van der Waals surface area contributed by atoms with Crippen molar-refractivity contribution in [3.63, 3.8) is 0 Å². The van der Waals surface area contributed by atoms with Crippen molar-refractivity contribution in [1.82, 2.24) is 9.88 Å². The predicted octanol–water partition coefficient (Wildman–Crippen LogP) is 3.27. The summed E-state index contributed by atoms with van der Waals surface area (Å²) in [5.74, 6) is -0.425. The number of methoxy groups -OCH3 is 1. The molecule has 0 aliphatic carbocycles. The second-order valence-corrected chi connectivity index (χ2v) is 6.44. The first-order chi connectivity index (χ1) is 12.2. The van der Waals surface area contributed by atoms with Crippen LogP contribution in [0.2, 0.25) is 0 Å². The van der Waals surface area contributed by atoms with E-state index in [0.717, 1.165) is 56.0 Å². The van der Waals surface area contributed by atoms with Gasteiger partial charge in [0.15, 0.2) is 0 Å². The molecule has 3 rings (SSSR count). The Morgan fingerprint density at radius 1 is 1.20 bits per heavy atom. The molecule has 5 heteroatoms. The van der Waals surface area contributed by atoms with Gasteiger partial charge >= 0.3 is 5.97 Å². The molecule has 0 amide bonds. The van der Waals surface area contributed by atoms with Crippen LogP contribution in [0, 0.1) is 0 Å². The number of aromatic carboxylic acids is 1. The van der Waals surface area contributed by atoms with Crippen LogP contribution < -0.4 is 0 Å². The molecule has 1 fully saturated rings. The van der Waals surface area contributed by atoms with Crippen LogP contribution in [-0.2, 0) is 4.74 Å². The van der Waals surface area contributed by atoms with E-state index in [1.165, 1.54) is 0 Å². The Hall–Kier alpha value is -2.24. The lowest BCUT2D eigenvalue weighted by Gasteiger charge is -2.31. The largest absolute Gasteiger partial charge is 0.478 e. The van der Waals surface area contributed by atoms with Gasteiger partial charge in [0.1, 0.15) is 0 Å². The number of carboxylic acids is 1. The van der Waals surface area contributed by atoms with E-state index in [1.807, 2.05) is 24.3 Å². The van der Waals surface area contributed by atoms with Gasteiger partial charge < -0.3 is 14.7 Å². The lowest BCUT2D eigenvalue weighted by molar-refractivity contribution is 0.0697. The predicted molar refractivity (Wildman–Crippen MR) is 96.9 cm³/mol. The van der Waals surface area contributed by atoms with Crippen LogP contribution in [0.5, 0.6) is 0 Å². The van der Waals surface area contributed by atoms with Crippen LogP contribution in [0.4, 0.5) is 0 Å². The van der Waals surface area contributed by atoms with Crippen molar-refractivity contribution in [3.8, 4) is 11.3 Å². The van der Waals surface area contributed by atoms with Crippen LogP contribution in [-0.4, -0.2) is 54.3 Å². The SMILES string of the molecule is COCCN1CCC(c2cccc(-c3ccc(C(=O)O)cc3)n2)CC1. The zero-order valence-corrected chi connectivity index (χ0v) is 14.5. The number of likely N-dealkylation sites (tertiary alicyclic amines) is 1. The highest BCUT2D eigenvalue weighted by molar-refractivity contribution is 5.88. The third kappa shape index (κ3) is 4.44. The van der Waals surface area contributed by atoms with Crippen molar-refractivity contribution in [1.29, 1.82) is 0 Å². The second-order valence-electron chi connectivity index (χ2n) is 6.44. The van der Waals surface area contributed by atoms with Gasteiger partial charge in [0.25, 0.3) is 0 Å². The number of hydrogen-bond acceptors (Lipinski definition) is 4. The quantitative estimate of drug-likeness (QED) is 0.874. The maximum absolute atomic E-state index is 11.0. The Morgan fingerprint density at radius 3 is 2.56 bits per heavy atom. The number of rotatable bonds is 6. The van der Waals surface area contributed by atoms with Gasteiger partial charge in [0.05, 0.1) is 17.9 Å². The molecule has 132 valence electrons. The molecule has 5 nitrogen and oxygen atoms in total. The number of nitrogens with zero attached hydrogens (tertiary/aromatic N) is 2. The Morgan fingerprint density at radius 2 is 1.92 bits per heavy atom. The zero-order valence-electron chi connectivity index (χ0n) is 14.5. The third-order valence-electron chi connectivity index (χ3n) is 4.82. The van der Waals surface area contributed by atoms with Crippen molar-refractivity contribution in [3.05, 3.63) is 53.7 Å². The summed E-state index contributed by atoms with van der Waals surface area (Å²) >= 11 is 0. The average molecular weight is 340 g/mol. The van der Waals surface area contributed by atoms with Gasteiger partial charge in [0, 0.05) is 30.8 Å². The number of ether oxygens (including phenoxy) is 1. The molecule has 2 aromatic rings. The summed E-state index contributed by atoms with van der Waals surface area (Å²) in [6.45, 7) is 3.93. The molecule has 0 bridgehead atoms. The van der Waals surface area contributed by atoms with Crippen molar-refractivity contribution in [2.24, 2.45) is 0 Å². The summed E-state index contributed by atoms with van der Waals surface area (Å²) in [6, 6.07) is 13.0. The lowest BCUT2D eigenvalue weighted by Crippen LogP contribution is -2.35. The fraction of sp³-hybridized carbons (Fsp3) is 0.400. The molecule has 2 heterocycles. The molecule has 1 aromatic carbocycles. The molecule has 0 unspecified atom stereocenters. The van der Waals surface area contributed by atoms with Gasteiger partial charge in [-0.3, -0.25) is 4.98 Å². The van der Waals surface area contributed by atoms with Crippen molar-refractivity contribution in [2.45, 2.75) is 18.8 Å². The second kappa shape index (κ2) is 8.23. The van der Waals surface area contributed by atoms with Gasteiger partial charge in [-0.25, -0.2) is 4.79 Å². The van der Waals surface area contributed by atoms with Gasteiger partial charge in [-0.05, 0) is 50.2 Å². The fourth-order valence-electron chi connectivity index (χ4n) is 3.30. The van der Waals surface area contributed by atoms with Gasteiger partial charge in [0.2, 0.25) is 0 Å². The number of piperidine rings is 1. The molecule has 0 spiro atoms. The first kappa shape index (κ1) is 17.6. The maximum Gasteiger partial charge on any atom is 0.335 e. The van der Waals surface area contributed by atoms with E-state index in [2.05, 4.69) is 11.0 Å². The van der Waals surface area contributed by atoms with Gasteiger partial charge in [-0.15, -0.1) is 0 Å². The first-order valence-corrected chi connectivity index (χ1v) is 8.69. The van der Waals surface area contributed by atoms with Crippen LogP contribution in [0.1, 0.15) is 34.8 Å². The fourth-order valence-corrected chi connectivity index (χ4v) is 3.30. The highest BCUT2D eigenvalue weighted by atomic mass is 16.5. The number of hydrogen-bond donors (Lipinski definition) is 1. The van der Waals surface area contributed by atoms with Crippen LogP contribution in [0.25, 0.3) is 11.3 Å². The van der Waals surface area contributed by atoms with E-state index in [-0.39, 0.29) is 0 Å². The Kier molecular flexibility index (Phi) is 5.79. The van der Waals surface area contributed by atoms with E-state index in [4.69, 9.17) is 14.8 Å². The summed E-state index contributed by atoms with van der Waals surface area (Å²) in [7, 11) is 1.74. The normalized spacial score (nSPS) is 16.0. The van der Waals surface area contributed by atoms with Gasteiger partial charge in [-0.2, -0.15) is 0 Å². The minimum Gasteiger partial charge on any atom is -0.478 e. The molecule has 0 atom stereocenters. The molecule has 0 radical (unpaired) electrons. The minimum absolute atomic E-state index is 0.295. The number of aromatic nitrogens is 1. The highest BCUT2D eigenvalue weighted by Crippen LogP contribution is 2.28. The number of benzene rings is 1. The van der Waals surface area contributed by atoms with Crippen molar-refractivity contribution >= 4 is 5.97 Å². The Balaban J connectivity index is 1.69. The average Bonchev–Trinajstić information content (AvgIpc) is 2.67. The van der Waals surface area contributed by atoms with Crippen LogP contribution in [0.3, 0.4) is 0 Å². The van der Waals surface area contributed by atoms with Gasteiger partial charge in [-0.1, -0.05) is 18.2 Å². The number of pyridine rings is 1.